The van der Waals surface area contributed by atoms with Gasteiger partial charge in [-0.2, -0.15) is 0 Å². The van der Waals surface area contributed by atoms with Crippen molar-refractivity contribution in [2.45, 2.75) is 37.4 Å². The van der Waals surface area contributed by atoms with Crippen LogP contribution in [0.1, 0.15) is 34.9 Å². The quantitative estimate of drug-likeness (QED) is 0.906. The largest absolute Gasteiger partial charge is 0.342 e. The summed E-state index contributed by atoms with van der Waals surface area (Å²) in [6, 6.07) is 4.23. The number of thiophene rings is 1. The average Bonchev–Trinajstić information content (AvgIpc) is 3.21. The SMILES string of the molecule is CNS(=O)(=O)C1CCN(C(=O)[C@H]2C[C@H]2c2ccc(C)s2)CC1. The minimum Gasteiger partial charge on any atom is -0.342 e. The van der Waals surface area contributed by atoms with Crippen molar-refractivity contribution in [2.24, 2.45) is 5.92 Å². The van der Waals surface area contributed by atoms with Crippen molar-refractivity contribution >= 4 is 27.3 Å². The number of rotatable bonds is 4. The third-order valence-electron chi connectivity index (χ3n) is 4.71. The number of hydrogen-bond acceptors (Lipinski definition) is 4. The standard InChI is InChI=1S/C15H22N2O3S2/c1-10-3-4-14(21-10)12-9-13(12)15(18)17-7-5-11(6-8-17)22(19,20)16-2/h3-4,11-13,16H,5-9H2,1-2H3/t12-,13+/m1/s1. The van der Waals surface area contributed by atoms with E-state index in [2.05, 4.69) is 23.8 Å². The second-order valence-corrected chi connectivity index (χ2v) is 9.66. The number of aryl methyl sites for hydroxylation is 1. The van der Waals surface area contributed by atoms with Crippen LogP contribution in [0.25, 0.3) is 0 Å². The third-order valence-corrected chi connectivity index (χ3v) is 7.76. The minimum atomic E-state index is -3.21. The zero-order valence-electron chi connectivity index (χ0n) is 12.9. The molecule has 0 unspecified atom stereocenters. The van der Waals surface area contributed by atoms with Crippen molar-refractivity contribution < 1.29 is 13.2 Å². The van der Waals surface area contributed by atoms with Gasteiger partial charge in [-0.25, -0.2) is 13.1 Å². The van der Waals surface area contributed by atoms with Crippen molar-refractivity contribution in [3.05, 3.63) is 21.9 Å². The average molecular weight is 342 g/mol. The van der Waals surface area contributed by atoms with Crippen molar-refractivity contribution in [2.75, 3.05) is 20.1 Å². The lowest BCUT2D eigenvalue weighted by atomic mass is 10.1. The summed E-state index contributed by atoms with van der Waals surface area (Å²) >= 11 is 1.77. The molecule has 0 bridgehead atoms. The molecule has 2 atom stereocenters. The minimum absolute atomic E-state index is 0.107. The van der Waals surface area contributed by atoms with Gasteiger partial charge < -0.3 is 4.90 Å². The topological polar surface area (TPSA) is 66.5 Å². The molecular formula is C15H22N2O3S2. The van der Waals surface area contributed by atoms with Crippen molar-refractivity contribution in [1.29, 1.82) is 0 Å². The second-order valence-electron chi connectivity index (χ2n) is 6.17. The fourth-order valence-corrected chi connectivity index (χ4v) is 5.44. The predicted molar refractivity (Wildman–Crippen MR) is 87.5 cm³/mol. The van der Waals surface area contributed by atoms with Crippen LogP contribution in [0.15, 0.2) is 12.1 Å². The number of piperidine rings is 1. The van der Waals surface area contributed by atoms with E-state index in [1.165, 1.54) is 16.8 Å². The van der Waals surface area contributed by atoms with Gasteiger partial charge in [-0.3, -0.25) is 4.79 Å². The molecule has 7 heteroatoms. The van der Waals surface area contributed by atoms with Crippen molar-refractivity contribution in [3.8, 4) is 0 Å². The summed E-state index contributed by atoms with van der Waals surface area (Å²) in [5.74, 6) is 0.692. The molecule has 2 aliphatic rings. The van der Waals surface area contributed by atoms with Crippen LogP contribution in [0.4, 0.5) is 0 Å². The molecular weight excluding hydrogens is 320 g/mol. The molecule has 122 valence electrons. The first kappa shape index (κ1) is 16.0. The van der Waals surface area contributed by atoms with E-state index in [1.807, 2.05) is 4.90 Å². The number of carbonyl (C=O) groups is 1. The van der Waals surface area contributed by atoms with Crippen LogP contribution in [0.2, 0.25) is 0 Å². The Balaban J connectivity index is 1.55. The summed E-state index contributed by atoms with van der Waals surface area (Å²) < 4.78 is 26.0. The van der Waals surface area contributed by atoms with E-state index in [1.54, 1.807) is 11.3 Å². The summed E-state index contributed by atoms with van der Waals surface area (Å²) in [4.78, 5) is 17.0. The molecule has 0 spiro atoms. The first-order chi connectivity index (χ1) is 10.4. The molecule has 0 radical (unpaired) electrons. The van der Waals surface area contributed by atoms with Gasteiger partial charge in [0.1, 0.15) is 0 Å². The van der Waals surface area contributed by atoms with E-state index in [4.69, 9.17) is 0 Å². The van der Waals surface area contributed by atoms with Crippen LogP contribution in [0.5, 0.6) is 0 Å². The van der Waals surface area contributed by atoms with Gasteiger partial charge in [0.25, 0.3) is 0 Å². The van der Waals surface area contributed by atoms with Gasteiger partial charge in [-0.15, -0.1) is 11.3 Å². The maximum atomic E-state index is 12.5. The Morgan fingerprint density at radius 3 is 2.55 bits per heavy atom. The van der Waals surface area contributed by atoms with Gasteiger partial charge in [-0.1, -0.05) is 0 Å². The zero-order chi connectivity index (χ0) is 15.9. The van der Waals surface area contributed by atoms with Crippen LogP contribution >= 0.6 is 11.3 Å². The zero-order valence-corrected chi connectivity index (χ0v) is 14.5. The molecule has 1 aromatic rings. The summed E-state index contributed by atoms with van der Waals surface area (Å²) in [7, 11) is -1.76. The number of nitrogens with one attached hydrogen (secondary N) is 1. The van der Waals surface area contributed by atoms with Crippen molar-refractivity contribution in [3.63, 3.8) is 0 Å². The molecule has 3 rings (SSSR count). The van der Waals surface area contributed by atoms with Crippen LogP contribution in [0, 0.1) is 12.8 Å². The summed E-state index contributed by atoms with van der Waals surface area (Å²) in [6.45, 7) is 3.19. The third kappa shape index (κ3) is 3.07. The van der Waals surface area contributed by atoms with Crippen LogP contribution < -0.4 is 4.72 Å². The molecule has 1 aliphatic heterocycles. The van der Waals surface area contributed by atoms with E-state index in [9.17, 15) is 13.2 Å². The molecule has 1 saturated heterocycles. The number of carbonyl (C=O) groups excluding carboxylic acids is 1. The lowest BCUT2D eigenvalue weighted by molar-refractivity contribution is -0.133. The molecule has 0 aromatic carbocycles. The fraction of sp³-hybridized carbons (Fsp3) is 0.667. The Kier molecular flexibility index (Phi) is 4.31. The van der Waals surface area contributed by atoms with E-state index in [0.717, 1.165) is 6.42 Å². The Hall–Kier alpha value is -0.920. The lowest BCUT2D eigenvalue weighted by Crippen LogP contribution is -2.45. The molecule has 2 fully saturated rings. The summed E-state index contributed by atoms with van der Waals surface area (Å²) in [5, 5.41) is -0.364. The Bertz CT molecular complexity index is 660. The first-order valence-electron chi connectivity index (χ1n) is 7.70. The molecule has 5 nitrogen and oxygen atoms in total. The predicted octanol–water partition coefficient (Wildman–Crippen LogP) is 1.70. The molecule has 1 aliphatic carbocycles. The van der Waals surface area contributed by atoms with E-state index >= 15 is 0 Å². The maximum Gasteiger partial charge on any atom is 0.226 e. The number of amides is 1. The van der Waals surface area contributed by atoms with Gasteiger partial charge in [0, 0.05) is 34.7 Å². The van der Waals surface area contributed by atoms with E-state index < -0.39 is 10.0 Å². The highest BCUT2D eigenvalue weighted by Gasteiger charge is 2.47. The monoisotopic (exact) mass is 342 g/mol. The number of nitrogens with zero attached hydrogens (tertiary/aromatic N) is 1. The Morgan fingerprint density at radius 2 is 2.00 bits per heavy atom. The van der Waals surface area contributed by atoms with E-state index in [-0.39, 0.29) is 17.1 Å². The lowest BCUT2D eigenvalue weighted by Gasteiger charge is -2.31. The van der Waals surface area contributed by atoms with Gasteiger partial charge >= 0.3 is 0 Å². The Morgan fingerprint density at radius 1 is 1.32 bits per heavy atom. The van der Waals surface area contributed by atoms with Crippen LogP contribution in [-0.2, 0) is 14.8 Å². The highest BCUT2D eigenvalue weighted by Crippen LogP contribution is 2.50. The van der Waals surface area contributed by atoms with Crippen LogP contribution in [-0.4, -0.2) is 44.6 Å². The number of hydrogen-bond donors (Lipinski definition) is 1. The number of likely N-dealkylation sites (tertiary alicyclic amines) is 1. The first-order valence-corrected chi connectivity index (χ1v) is 10.1. The molecule has 22 heavy (non-hydrogen) atoms. The fourth-order valence-electron chi connectivity index (χ4n) is 3.22. The summed E-state index contributed by atoms with van der Waals surface area (Å²) in [5.41, 5.74) is 0. The molecule has 1 aromatic heterocycles. The summed E-state index contributed by atoms with van der Waals surface area (Å²) in [6.07, 6.45) is 2.00. The molecule has 1 N–H and O–H groups in total. The van der Waals surface area contributed by atoms with Gasteiger partial charge in [0.15, 0.2) is 0 Å². The van der Waals surface area contributed by atoms with Gasteiger partial charge in [-0.05, 0) is 45.4 Å². The smallest absolute Gasteiger partial charge is 0.226 e. The highest BCUT2D eigenvalue weighted by atomic mass is 32.2. The van der Waals surface area contributed by atoms with Crippen LogP contribution in [0.3, 0.4) is 0 Å². The Labute approximate surface area is 135 Å². The second kappa shape index (κ2) is 5.94. The van der Waals surface area contributed by atoms with Gasteiger partial charge in [0.05, 0.1) is 5.25 Å². The maximum absolute atomic E-state index is 12.5. The molecule has 2 heterocycles. The molecule has 1 saturated carbocycles. The highest BCUT2D eigenvalue weighted by molar-refractivity contribution is 7.90. The number of sulfonamides is 1. The van der Waals surface area contributed by atoms with Gasteiger partial charge in [0.2, 0.25) is 15.9 Å². The normalized spacial score (nSPS) is 26.2. The molecule has 1 amide bonds. The van der Waals surface area contributed by atoms with E-state index in [0.29, 0.717) is 31.8 Å². The van der Waals surface area contributed by atoms with Crippen molar-refractivity contribution in [1.82, 2.24) is 9.62 Å².